The van der Waals surface area contributed by atoms with Crippen LogP contribution in [0.3, 0.4) is 0 Å². The zero-order valence-corrected chi connectivity index (χ0v) is 20.0. The Kier molecular flexibility index (Phi) is 6.76. The second-order valence-corrected chi connectivity index (χ2v) is 9.66. The van der Waals surface area contributed by atoms with Crippen LogP contribution in [0.5, 0.6) is 5.75 Å². The molecule has 0 saturated carbocycles. The number of phenolic OH excluding ortho intramolecular Hbond substituents is 1. The molecule has 1 heterocycles. The molecule has 8 heteroatoms. The highest BCUT2D eigenvalue weighted by atomic mass is 16.6. The van der Waals surface area contributed by atoms with Gasteiger partial charge in [0.05, 0.1) is 11.0 Å². The van der Waals surface area contributed by atoms with Gasteiger partial charge in [0.2, 0.25) is 0 Å². The molecular weight excluding hydrogens is 422 g/mol. The number of ether oxygens (including phenoxy) is 2. The Morgan fingerprint density at radius 3 is 2.27 bits per heavy atom. The van der Waals surface area contributed by atoms with Crippen LogP contribution in [0.25, 0.3) is 16.7 Å². The molecule has 0 spiro atoms. The molecule has 2 aromatic carbocycles. The Balaban J connectivity index is 1.72. The van der Waals surface area contributed by atoms with Crippen LogP contribution in [0.2, 0.25) is 0 Å². The van der Waals surface area contributed by atoms with Crippen molar-refractivity contribution in [1.29, 1.82) is 0 Å². The zero-order chi connectivity index (χ0) is 24.4. The molecule has 0 atom stereocenters. The Morgan fingerprint density at radius 1 is 0.939 bits per heavy atom. The summed E-state index contributed by atoms with van der Waals surface area (Å²) in [5.74, 6) is -0.809. The maximum atomic E-state index is 12.4. The molecular formula is C25H31N3O5. The fourth-order valence-electron chi connectivity index (χ4n) is 2.99. The van der Waals surface area contributed by atoms with E-state index in [0.717, 1.165) is 5.56 Å². The van der Waals surface area contributed by atoms with Gasteiger partial charge in [0, 0.05) is 0 Å². The maximum absolute atomic E-state index is 12.4. The summed E-state index contributed by atoms with van der Waals surface area (Å²) in [5, 5.41) is 19.2. The number of carbonyl (C=O) groups excluding carboxylic acids is 2. The molecule has 0 fully saturated rings. The van der Waals surface area contributed by atoms with E-state index >= 15 is 0 Å². The molecule has 176 valence electrons. The smallest absolute Gasteiger partial charge is 0.338 e. The number of carbonyl (C=O) groups is 2. The average molecular weight is 454 g/mol. The van der Waals surface area contributed by atoms with Crippen LogP contribution in [0.1, 0.15) is 63.9 Å². The lowest BCUT2D eigenvalue weighted by atomic mass is 9.87. The SMILES string of the molecule is CCC(C)(C)C(=O)OCCOC(=O)c1ccc2nn(-c3cc(C(C)(C)C)ccc3O)nc2c1. The van der Waals surface area contributed by atoms with E-state index in [1.807, 2.05) is 32.9 Å². The van der Waals surface area contributed by atoms with Gasteiger partial charge in [-0.1, -0.05) is 33.8 Å². The molecule has 1 aromatic heterocycles. The van der Waals surface area contributed by atoms with Crippen LogP contribution >= 0.6 is 0 Å². The van der Waals surface area contributed by atoms with Crippen LogP contribution in [0.4, 0.5) is 0 Å². The van der Waals surface area contributed by atoms with Crippen LogP contribution in [0, 0.1) is 5.41 Å². The van der Waals surface area contributed by atoms with Gasteiger partial charge < -0.3 is 14.6 Å². The summed E-state index contributed by atoms with van der Waals surface area (Å²) in [5.41, 5.74) is 2.18. The van der Waals surface area contributed by atoms with Crippen LogP contribution < -0.4 is 0 Å². The van der Waals surface area contributed by atoms with Gasteiger partial charge in [0.25, 0.3) is 0 Å². The average Bonchev–Trinajstić information content (AvgIpc) is 3.18. The van der Waals surface area contributed by atoms with Crippen molar-refractivity contribution in [1.82, 2.24) is 15.0 Å². The number of hydrogen-bond donors (Lipinski definition) is 1. The van der Waals surface area contributed by atoms with Gasteiger partial charge in [-0.3, -0.25) is 4.79 Å². The Morgan fingerprint density at radius 2 is 1.61 bits per heavy atom. The number of benzene rings is 2. The topological polar surface area (TPSA) is 104 Å². The highest BCUT2D eigenvalue weighted by Gasteiger charge is 2.27. The highest BCUT2D eigenvalue weighted by Crippen LogP contribution is 2.29. The largest absolute Gasteiger partial charge is 0.506 e. The maximum Gasteiger partial charge on any atom is 0.338 e. The molecule has 0 saturated heterocycles. The van der Waals surface area contributed by atoms with Gasteiger partial charge in [-0.05, 0) is 61.6 Å². The Hall–Kier alpha value is -3.42. The molecule has 0 aliphatic heterocycles. The van der Waals surface area contributed by atoms with Gasteiger partial charge in [-0.15, -0.1) is 15.0 Å². The van der Waals surface area contributed by atoms with Crippen molar-refractivity contribution in [2.75, 3.05) is 13.2 Å². The van der Waals surface area contributed by atoms with Crippen molar-refractivity contribution in [3.63, 3.8) is 0 Å². The minimum Gasteiger partial charge on any atom is -0.506 e. The number of phenols is 1. The van der Waals surface area contributed by atoms with Crippen LogP contribution in [-0.2, 0) is 19.7 Å². The van der Waals surface area contributed by atoms with Gasteiger partial charge in [0.1, 0.15) is 35.7 Å². The lowest BCUT2D eigenvalue weighted by Gasteiger charge is -2.20. The number of rotatable bonds is 7. The molecule has 0 unspecified atom stereocenters. The van der Waals surface area contributed by atoms with E-state index in [1.54, 1.807) is 24.3 Å². The lowest BCUT2D eigenvalue weighted by Crippen LogP contribution is -2.27. The van der Waals surface area contributed by atoms with E-state index in [1.165, 1.54) is 4.80 Å². The van der Waals surface area contributed by atoms with E-state index in [9.17, 15) is 14.7 Å². The minimum atomic E-state index is -0.568. The second-order valence-electron chi connectivity index (χ2n) is 9.66. The number of hydrogen-bond acceptors (Lipinski definition) is 7. The molecule has 33 heavy (non-hydrogen) atoms. The van der Waals surface area contributed by atoms with E-state index < -0.39 is 11.4 Å². The normalized spacial score (nSPS) is 12.1. The van der Waals surface area contributed by atoms with E-state index in [4.69, 9.17) is 9.47 Å². The molecule has 0 aliphatic carbocycles. The molecule has 0 bridgehead atoms. The summed E-state index contributed by atoms with van der Waals surface area (Å²) in [7, 11) is 0. The van der Waals surface area contributed by atoms with E-state index in [-0.39, 0.29) is 30.3 Å². The first-order valence-corrected chi connectivity index (χ1v) is 11.0. The van der Waals surface area contributed by atoms with E-state index in [0.29, 0.717) is 28.7 Å². The van der Waals surface area contributed by atoms with Gasteiger partial charge >= 0.3 is 11.9 Å². The molecule has 3 aromatic rings. The molecule has 0 radical (unpaired) electrons. The fraction of sp³-hybridized carbons (Fsp3) is 0.440. The summed E-state index contributed by atoms with van der Waals surface area (Å²) in [6.45, 7) is 11.7. The molecule has 3 rings (SSSR count). The summed E-state index contributed by atoms with van der Waals surface area (Å²) in [4.78, 5) is 25.8. The van der Waals surface area contributed by atoms with Crippen molar-refractivity contribution >= 4 is 23.0 Å². The second kappa shape index (κ2) is 9.21. The van der Waals surface area contributed by atoms with Crippen molar-refractivity contribution in [3.05, 3.63) is 47.5 Å². The number of aromatic hydroxyl groups is 1. The first-order chi connectivity index (χ1) is 15.4. The third-order valence-corrected chi connectivity index (χ3v) is 5.66. The summed E-state index contributed by atoms with van der Waals surface area (Å²) < 4.78 is 10.4. The summed E-state index contributed by atoms with van der Waals surface area (Å²) in [6, 6.07) is 10.2. The zero-order valence-electron chi connectivity index (χ0n) is 20.0. The Bertz CT molecular complexity index is 1170. The number of nitrogens with zero attached hydrogens (tertiary/aromatic N) is 3. The molecule has 0 amide bonds. The van der Waals surface area contributed by atoms with Gasteiger partial charge in [-0.25, -0.2) is 4.79 Å². The van der Waals surface area contributed by atoms with Crippen molar-refractivity contribution in [2.24, 2.45) is 5.41 Å². The fourth-order valence-corrected chi connectivity index (χ4v) is 2.99. The Labute approximate surface area is 193 Å². The first-order valence-electron chi connectivity index (χ1n) is 11.0. The van der Waals surface area contributed by atoms with Crippen molar-refractivity contribution in [2.45, 2.75) is 53.4 Å². The predicted octanol–water partition coefficient (Wildman–Crippen LogP) is 4.56. The van der Waals surface area contributed by atoms with Crippen molar-refractivity contribution in [3.8, 4) is 11.4 Å². The van der Waals surface area contributed by atoms with Gasteiger partial charge in [-0.2, -0.15) is 0 Å². The minimum absolute atomic E-state index is 0.00414. The third-order valence-electron chi connectivity index (χ3n) is 5.66. The summed E-state index contributed by atoms with van der Waals surface area (Å²) in [6.07, 6.45) is 0.657. The molecule has 8 nitrogen and oxygen atoms in total. The first kappa shape index (κ1) is 24.2. The van der Waals surface area contributed by atoms with Crippen LogP contribution in [-0.4, -0.2) is 45.3 Å². The monoisotopic (exact) mass is 453 g/mol. The van der Waals surface area contributed by atoms with Crippen molar-refractivity contribution < 1.29 is 24.2 Å². The quantitative estimate of drug-likeness (QED) is 0.413. The molecule has 0 aliphatic rings. The predicted molar refractivity (Wildman–Crippen MR) is 125 cm³/mol. The number of fused-ring (bicyclic) bond motifs is 1. The third kappa shape index (κ3) is 5.50. The standard InChI is InChI=1S/C25H31N3O5/c1-7-25(5,6)23(31)33-13-12-32-22(30)16-8-10-18-19(14-16)27-28(26-18)20-15-17(24(2,3)4)9-11-21(20)29/h8-11,14-15,29H,7,12-13H2,1-6H3. The van der Waals surface area contributed by atoms with Gasteiger partial charge in [0.15, 0.2) is 0 Å². The lowest BCUT2D eigenvalue weighted by molar-refractivity contribution is -0.155. The highest BCUT2D eigenvalue weighted by molar-refractivity contribution is 5.93. The number of aromatic nitrogens is 3. The summed E-state index contributed by atoms with van der Waals surface area (Å²) >= 11 is 0. The number of esters is 2. The molecule has 1 N–H and O–H groups in total. The van der Waals surface area contributed by atoms with E-state index in [2.05, 4.69) is 31.0 Å². The van der Waals surface area contributed by atoms with Crippen LogP contribution in [0.15, 0.2) is 36.4 Å².